The van der Waals surface area contributed by atoms with Crippen LogP contribution >= 0.6 is 0 Å². The Bertz CT molecular complexity index is 1020. The molecule has 1 amide bonds. The van der Waals surface area contributed by atoms with Gasteiger partial charge in [0, 0.05) is 44.1 Å². The summed E-state index contributed by atoms with van der Waals surface area (Å²) in [5.41, 5.74) is 3.19. The van der Waals surface area contributed by atoms with Crippen LogP contribution in [0.4, 0.5) is 11.5 Å². The number of rotatable bonds is 3. The Balaban J connectivity index is 1.23. The van der Waals surface area contributed by atoms with E-state index >= 15 is 0 Å². The molecule has 144 valence electrons. The Kier molecular flexibility index (Phi) is 4.22. The fourth-order valence-corrected chi connectivity index (χ4v) is 4.46. The number of fused-ring (bicyclic) bond motifs is 2. The fourth-order valence-electron chi connectivity index (χ4n) is 4.46. The quantitative estimate of drug-likeness (QED) is 0.703. The molecule has 1 fully saturated rings. The van der Waals surface area contributed by atoms with E-state index in [1.807, 2.05) is 34.6 Å². The molecule has 0 N–H and O–H groups in total. The van der Waals surface area contributed by atoms with Crippen LogP contribution in [0.2, 0.25) is 0 Å². The highest BCUT2D eigenvalue weighted by Crippen LogP contribution is 2.31. The molecule has 0 unspecified atom stereocenters. The van der Waals surface area contributed by atoms with Crippen LogP contribution < -0.4 is 9.80 Å². The molecule has 2 aromatic heterocycles. The van der Waals surface area contributed by atoms with Crippen molar-refractivity contribution in [1.82, 2.24) is 19.6 Å². The van der Waals surface area contributed by atoms with Crippen molar-refractivity contribution < 1.29 is 4.79 Å². The van der Waals surface area contributed by atoms with Gasteiger partial charge in [0.25, 0.3) is 0 Å². The van der Waals surface area contributed by atoms with Crippen molar-refractivity contribution in [3.8, 4) is 0 Å². The minimum atomic E-state index is 0.261. The van der Waals surface area contributed by atoms with E-state index in [9.17, 15) is 4.79 Å². The van der Waals surface area contributed by atoms with Gasteiger partial charge < -0.3 is 9.80 Å². The van der Waals surface area contributed by atoms with Crippen molar-refractivity contribution in [2.75, 3.05) is 29.4 Å². The van der Waals surface area contributed by atoms with Gasteiger partial charge in [-0.3, -0.25) is 9.20 Å². The van der Waals surface area contributed by atoms with E-state index in [1.165, 1.54) is 5.56 Å². The number of para-hydroxylation sites is 1. The average Bonchev–Trinajstić information content (AvgIpc) is 3.33. The topological polar surface area (TPSA) is 66.6 Å². The smallest absolute Gasteiger partial charge is 0.227 e. The first-order chi connectivity index (χ1) is 13.7. The van der Waals surface area contributed by atoms with E-state index in [4.69, 9.17) is 0 Å². The molecule has 4 heterocycles. The first-order valence-electron chi connectivity index (χ1n) is 10.0. The van der Waals surface area contributed by atoms with E-state index in [1.54, 1.807) is 6.20 Å². The monoisotopic (exact) mass is 376 g/mol. The fraction of sp³-hybridized carbons (Fsp3) is 0.429. The lowest BCUT2D eigenvalue weighted by atomic mass is 9.93. The molecule has 28 heavy (non-hydrogen) atoms. The highest BCUT2D eigenvalue weighted by molar-refractivity contribution is 5.95. The summed E-state index contributed by atoms with van der Waals surface area (Å²) in [6.45, 7) is 4.55. The summed E-state index contributed by atoms with van der Waals surface area (Å²) in [5, 5.41) is 8.45. The number of carbonyl (C=O) groups is 1. The number of carbonyl (C=O) groups excluding carboxylic acids is 1. The van der Waals surface area contributed by atoms with Gasteiger partial charge in [-0.15, -0.1) is 10.2 Å². The molecule has 0 bridgehead atoms. The van der Waals surface area contributed by atoms with Crippen molar-refractivity contribution in [1.29, 1.82) is 0 Å². The number of hydrogen-bond acceptors (Lipinski definition) is 5. The molecule has 5 rings (SSSR count). The van der Waals surface area contributed by atoms with Crippen molar-refractivity contribution in [3.63, 3.8) is 0 Å². The van der Waals surface area contributed by atoms with Crippen LogP contribution in [0.1, 0.15) is 30.7 Å². The minimum absolute atomic E-state index is 0.261. The molecule has 0 atom stereocenters. The normalized spacial score (nSPS) is 17.3. The third kappa shape index (κ3) is 2.91. The van der Waals surface area contributed by atoms with Crippen LogP contribution in [0.5, 0.6) is 0 Å². The second-order valence-corrected chi connectivity index (χ2v) is 7.75. The SMILES string of the molecule is Cc1nnc2c(N3CCC(CC(=O)N4CCc5ccccc54)CC3)nccn12. The zero-order chi connectivity index (χ0) is 19.1. The minimum Gasteiger partial charge on any atom is -0.353 e. The summed E-state index contributed by atoms with van der Waals surface area (Å²) in [4.78, 5) is 21.7. The number of piperidine rings is 1. The number of hydrogen-bond donors (Lipinski definition) is 0. The zero-order valence-electron chi connectivity index (χ0n) is 16.1. The summed E-state index contributed by atoms with van der Waals surface area (Å²) in [6, 6.07) is 8.26. The molecule has 7 heteroatoms. The summed E-state index contributed by atoms with van der Waals surface area (Å²) in [7, 11) is 0. The predicted molar refractivity (Wildman–Crippen MR) is 108 cm³/mol. The van der Waals surface area contributed by atoms with E-state index in [2.05, 4.69) is 32.2 Å². The molecule has 7 nitrogen and oxygen atoms in total. The van der Waals surface area contributed by atoms with Crippen LogP contribution in [-0.4, -0.2) is 45.1 Å². The van der Waals surface area contributed by atoms with E-state index < -0.39 is 0 Å². The highest BCUT2D eigenvalue weighted by atomic mass is 16.2. The highest BCUT2D eigenvalue weighted by Gasteiger charge is 2.29. The van der Waals surface area contributed by atoms with Crippen LogP contribution in [-0.2, 0) is 11.2 Å². The number of anilines is 2. The standard InChI is InChI=1S/C21H24N6O/c1-15-23-24-21-20(22-9-13-26(15)21)25-10-6-16(7-11-25)14-19(28)27-12-8-17-4-2-3-5-18(17)27/h2-5,9,13,16H,6-8,10-12,14H2,1H3. The van der Waals surface area contributed by atoms with Crippen molar-refractivity contribution in [2.24, 2.45) is 5.92 Å². The number of aromatic nitrogens is 4. The van der Waals surface area contributed by atoms with Crippen LogP contribution in [0, 0.1) is 12.8 Å². The molecule has 2 aliphatic rings. The van der Waals surface area contributed by atoms with Crippen molar-refractivity contribution in [3.05, 3.63) is 48.0 Å². The summed E-state index contributed by atoms with van der Waals surface area (Å²) in [5.74, 6) is 2.44. The van der Waals surface area contributed by atoms with Gasteiger partial charge in [-0.25, -0.2) is 4.98 Å². The molecule has 3 aromatic rings. The summed E-state index contributed by atoms with van der Waals surface area (Å²) < 4.78 is 1.97. The zero-order valence-corrected chi connectivity index (χ0v) is 16.1. The van der Waals surface area contributed by atoms with Crippen molar-refractivity contribution in [2.45, 2.75) is 32.6 Å². The lowest BCUT2D eigenvalue weighted by Crippen LogP contribution is -2.37. The Labute approximate surface area is 164 Å². The molecular weight excluding hydrogens is 352 g/mol. The number of amides is 1. The summed E-state index contributed by atoms with van der Waals surface area (Å²) in [6.07, 6.45) is 7.29. The van der Waals surface area contributed by atoms with Gasteiger partial charge in [0.1, 0.15) is 5.82 Å². The maximum atomic E-state index is 12.9. The Morgan fingerprint density at radius 1 is 1.14 bits per heavy atom. The lowest BCUT2D eigenvalue weighted by Gasteiger charge is -2.33. The molecule has 1 aromatic carbocycles. The third-order valence-corrected chi connectivity index (χ3v) is 6.04. The number of nitrogens with zero attached hydrogens (tertiary/aromatic N) is 6. The van der Waals surface area contributed by atoms with Gasteiger partial charge in [0.05, 0.1) is 0 Å². The average molecular weight is 376 g/mol. The molecule has 0 saturated carbocycles. The molecule has 0 aliphatic carbocycles. The number of benzene rings is 1. The Morgan fingerprint density at radius 3 is 2.82 bits per heavy atom. The molecule has 2 aliphatic heterocycles. The summed E-state index contributed by atoms with van der Waals surface area (Å²) >= 11 is 0. The first kappa shape index (κ1) is 17.2. The first-order valence-corrected chi connectivity index (χ1v) is 10.0. The number of aryl methyl sites for hydroxylation is 1. The van der Waals surface area contributed by atoms with E-state index in [-0.39, 0.29) is 5.91 Å². The molecule has 0 spiro atoms. The van der Waals surface area contributed by atoms with Gasteiger partial charge in [0.15, 0.2) is 5.82 Å². The van der Waals surface area contributed by atoms with Crippen LogP contribution in [0.25, 0.3) is 5.65 Å². The Morgan fingerprint density at radius 2 is 1.96 bits per heavy atom. The van der Waals surface area contributed by atoms with E-state index in [0.717, 1.165) is 61.9 Å². The van der Waals surface area contributed by atoms with Crippen LogP contribution in [0.3, 0.4) is 0 Å². The Hall–Kier alpha value is -2.96. The van der Waals surface area contributed by atoms with Crippen molar-refractivity contribution >= 4 is 23.1 Å². The second-order valence-electron chi connectivity index (χ2n) is 7.75. The van der Waals surface area contributed by atoms with Gasteiger partial charge in [-0.05, 0) is 43.7 Å². The van der Waals surface area contributed by atoms with Gasteiger partial charge in [-0.2, -0.15) is 0 Å². The maximum Gasteiger partial charge on any atom is 0.227 e. The van der Waals surface area contributed by atoms with Gasteiger partial charge in [0.2, 0.25) is 11.6 Å². The van der Waals surface area contributed by atoms with Gasteiger partial charge in [-0.1, -0.05) is 18.2 Å². The maximum absolute atomic E-state index is 12.9. The van der Waals surface area contributed by atoms with E-state index in [0.29, 0.717) is 12.3 Å². The second kappa shape index (κ2) is 6.89. The van der Waals surface area contributed by atoms with Crippen LogP contribution in [0.15, 0.2) is 36.7 Å². The lowest BCUT2D eigenvalue weighted by molar-refractivity contribution is -0.119. The molecule has 0 radical (unpaired) electrons. The largest absolute Gasteiger partial charge is 0.353 e. The molecular formula is C21H24N6O. The third-order valence-electron chi connectivity index (χ3n) is 6.04. The predicted octanol–water partition coefficient (Wildman–Crippen LogP) is 2.63. The van der Waals surface area contributed by atoms with Gasteiger partial charge >= 0.3 is 0 Å². The molecule has 1 saturated heterocycles.